The van der Waals surface area contributed by atoms with E-state index < -0.39 is 11.7 Å². The van der Waals surface area contributed by atoms with E-state index in [0.717, 1.165) is 18.9 Å². The fourth-order valence-electron chi connectivity index (χ4n) is 3.61. The van der Waals surface area contributed by atoms with Crippen molar-refractivity contribution in [2.45, 2.75) is 12.8 Å². The third-order valence-corrected chi connectivity index (χ3v) is 5.26. The maximum absolute atomic E-state index is 14.6. The number of likely N-dealkylation sites (tertiary alicyclic amines) is 1. The summed E-state index contributed by atoms with van der Waals surface area (Å²) in [7, 11) is 0. The number of aromatic nitrogens is 5. The van der Waals surface area contributed by atoms with Crippen LogP contribution in [0.3, 0.4) is 0 Å². The van der Waals surface area contributed by atoms with Crippen LogP contribution in [0.5, 0.6) is 0 Å². The van der Waals surface area contributed by atoms with Gasteiger partial charge in [0.2, 0.25) is 5.82 Å². The number of anilines is 2. The van der Waals surface area contributed by atoms with E-state index in [1.54, 1.807) is 23.1 Å². The third kappa shape index (κ3) is 3.41. The van der Waals surface area contributed by atoms with Crippen molar-refractivity contribution in [3.8, 4) is 5.69 Å². The number of amides is 2. The number of nitrogen functional groups attached to an aromatic ring is 1. The van der Waals surface area contributed by atoms with Crippen LogP contribution in [-0.4, -0.2) is 55.2 Å². The highest BCUT2D eigenvalue weighted by molar-refractivity contribution is 6.02. The molecule has 1 aliphatic rings. The molecule has 11 nitrogen and oxygen atoms in total. The summed E-state index contributed by atoms with van der Waals surface area (Å²) in [5, 5.41) is 17.8. The summed E-state index contributed by atoms with van der Waals surface area (Å²) in [6.07, 6.45) is 1.88. The molecule has 0 aliphatic carbocycles. The average molecular weight is 436 g/mol. The molecule has 162 valence electrons. The Balaban J connectivity index is 1.38. The van der Waals surface area contributed by atoms with E-state index in [0.29, 0.717) is 29.7 Å². The lowest BCUT2D eigenvalue weighted by Gasteiger charge is -2.15. The molecule has 12 heteroatoms. The van der Waals surface area contributed by atoms with Crippen LogP contribution in [0.1, 0.15) is 33.8 Å². The molecule has 2 amide bonds. The number of fused-ring (bicyclic) bond motifs is 1. The van der Waals surface area contributed by atoms with E-state index in [-0.39, 0.29) is 28.8 Å². The molecule has 0 radical (unpaired) electrons. The van der Waals surface area contributed by atoms with Crippen LogP contribution in [-0.2, 0) is 0 Å². The Labute approximate surface area is 179 Å². The number of rotatable bonds is 4. The van der Waals surface area contributed by atoms with Crippen molar-refractivity contribution < 1.29 is 18.5 Å². The zero-order valence-corrected chi connectivity index (χ0v) is 16.7. The van der Waals surface area contributed by atoms with Crippen molar-refractivity contribution in [3.63, 3.8) is 0 Å². The van der Waals surface area contributed by atoms with Gasteiger partial charge in [0.05, 0.1) is 16.8 Å². The number of nitrogens with zero attached hydrogens (tertiary/aromatic N) is 6. The number of carbonyl (C=O) groups excluding carboxylic acids is 2. The molecule has 0 unspecified atom stereocenters. The number of nitrogens with two attached hydrogens (primary N) is 1. The van der Waals surface area contributed by atoms with E-state index in [9.17, 15) is 14.0 Å². The Morgan fingerprint density at radius 2 is 1.94 bits per heavy atom. The largest absolute Gasteiger partial charge is 0.380 e. The number of benzene rings is 2. The van der Waals surface area contributed by atoms with Gasteiger partial charge in [0, 0.05) is 18.7 Å². The first-order chi connectivity index (χ1) is 15.5. The smallest absolute Gasteiger partial charge is 0.295 e. The molecule has 0 bridgehead atoms. The molecule has 2 aromatic heterocycles. The van der Waals surface area contributed by atoms with Crippen molar-refractivity contribution in [1.29, 1.82) is 0 Å². The van der Waals surface area contributed by atoms with Crippen molar-refractivity contribution in [2.24, 2.45) is 0 Å². The second-order valence-electron chi connectivity index (χ2n) is 7.31. The molecule has 0 saturated carbocycles. The van der Waals surface area contributed by atoms with E-state index >= 15 is 0 Å². The first-order valence-corrected chi connectivity index (χ1v) is 9.85. The van der Waals surface area contributed by atoms with E-state index in [1.807, 2.05) is 0 Å². The molecular formula is C20H17FN8O3. The zero-order valence-electron chi connectivity index (χ0n) is 16.7. The molecule has 4 aromatic rings. The Bertz CT molecular complexity index is 1340. The van der Waals surface area contributed by atoms with Crippen LogP contribution in [0, 0.1) is 5.82 Å². The molecule has 1 saturated heterocycles. The molecular weight excluding hydrogens is 419 g/mol. The lowest BCUT2D eigenvalue weighted by atomic mass is 10.1. The number of tetrazole rings is 1. The van der Waals surface area contributed by atoms with Gasteiger partial charge in [0.15, 0.2) is 11.4 Å². The number of carbonyl (C=O) groups is 2. The minimum atomic E-state index is -0.735. The Morgan fingerprint density at radius 1 is 1.12 bits per heavy atom. The first kappa shape index (κ1) is 19.6. The molecule has 2 aromatic carbocycles. The van der Waals surface area contributed by atoms with Crippen molar-refractivity contribution >= 4 is 34.3 Å². The van der Waals surface area contributed by atoms with Gasteiger partial charge in [-0.05, 0) is 59.7 Å². The van der Waals surface area contributed by atoms with Gasteiger partial charge in [0.1, 0.15) is 5.82 Å². The molecule has 3 N–H and O–H groups in total. The van der Waals surface area contributed by atoms with Crippen LogP contribution in [0.2, 0.25) is 0 Å². The van der Waals surface area contributed by atoms with Gasteiger partial charge in [0.25, 0.3) is 11.8 Å². The summed E-state index contributed by atoms with van der Waals surface area (Å²) >= 11 is 0. The van der Waals surface area contributed by atoms with Crippen LogP contribution >= 0.6 is 0 Å². The van der Waals surface area contributed by atoms with Gasteiger partial charge in [-0.3, -0.25) is 9.59 Å². The highest BCUT2D eigenvalue weighted by atomic mass is 19.1. The third-order valence-electron chi connectivity index (χ3n) is 5.26. The maximum Gasteiger partial charge on any atom is 0.295 e. The number of halogens is 1. The Morgan fingerprint density at radius 3 is 2.72 bits per heavy atom. The summed E-state index contributed by atoms with van der Waals surface area (Å²) < 4.78 is 20.9. The van der Waals surface area contributed by atoms with Gasteiger partial charge >= 0.3 is 0 Å². The van der Waals surface area contributed by atoms with Gasteiger partial charge in [-0.1, -0.05) is 5.16 Å². The predicted molar refractivity (Wildman–Crippen MR) is 111 cm³/mol. The molecule has 0 atom stereocenters. The summed E-state index contributed by atoms with van der Waals surface area (Å²) in [6.45, 7) is 1.32. The van der Waals surface area contributed by atoms with Gasteiger partial charge in [-0.2, -0.15) is 4.68 Å². The standard InChI is InChI=1S/C20H17FN8O3/c21-14-9-11(20(31)28-7-1-2-8-28)3-5-15(14)23-19(30)18-24-26-27-29(18)12-4-6-16-13(10-12)17(22)25-32-16/h3-6,9-10H,1-2,7-8H2,(H2,22,25)(H,23,30). The maximum atomic E-state index is 14.6. The lowest BCUT2D eigenvalue weighted by molar-refractivity contribution is 0.0792. The summed E-state index contributed by atoms with van der Waals surface area (Å²) in [6, 6.07) is 8.79. The van der Waals surface area contributed by atoms with Gasteiger partial charge < -0.3 is 20.5 Å². The van der Waals surface area contributed by atoms with Crippen LogP contribution in [0.15, 0.2) is 40.9 Å². The molecule has 3 heterocycles. The first-order valence-electron chi connectivity index (χ1n) is 9.85. The quantitative estimate of drug-likeness (QED) is 0.494. The molecule has 5 rings (SSSR count). The number of hydrogen-bond acceptors (Lipinski definition) is 8. The van der Waals surface area contributed by atoms with E-state index in [1.165, 1.54) is 16.8 Å². The number of nitrogens with one attached hydrogen (secondary N) is 1. The minimum Gasteiger partial charge on any atom is -0.380 e. The van der Waals surface area contributed by atoms with Crippen molar-refractivity contribution in [2.75, 3.05) is 24.1 Å². The van der Waals surface area contributed by atoms with Crippen molar-refractivity contribution in [3.05, 3.63) is 53.6 Å². The Kier molecular flexibility index (Phi) is 4.73. The molecule has 32 heavy (non-hydrogen) atoms. The monoisotopic (exact) mass is 436 g/mol. The van der Waals surface area contributed by atoms with Crippen LogP contribution in [0.4, 0.5) is 15.9 Å². The van der Waals surface area contributed by atoms with E-state index in [4.69, 9.17) is 10.3 Å². The Hall–Kier alpha value is -4.35. The summed E-state index contributed by atoms with van der Waals surface area (Å²) in [5.41, 5.74) is 6.82. The minimum absolute atomic E-state index is 0.0961. The normalized spacial score (nSPS) is 13.6. The summed E-state index contributed by atoms with van der Waals surface area (Å²) in [4.78, 5) is 26.9. The van der Waals surface area contributed by atoms with Crippen LogP contribution in [0.25, 0.3) is 16.7 Å². The fraction of sp³-hybridized carbons (Fsp3) is 0.200. The molecule has 0 spiro atoms. The van der Waals surface area contributed by atoms with Crippen molar-refractivity contribution in [1.82, 2.24) is 30.3 Å². The molecule has 1 fully saturated rings. The van der Waals surface area contributed by atoms with Gasteiger partial charge in [-0.25, -0.2) is 4.39 Å². The highest BCUT2D eigenvalue weighted by Gasteiger charge is 2.22. The van der Waals surface area contributed by atoms with Crippen LogP contribution < -0.4 is 11.1 Å². The van der Waals surface area contributed by atoms with E-state index in [2.05, 4.69) is 26.0 Å². The topological polar surface area (TPSA) is 145 Å². The average Bonchev–Trinajstić information content (AvgIpc) is 3.56. The predicted octanol–water partition coefficient (Wildman–Crippen LogP) is 2.01. The number of hydrogen-bond donors (Lipinski definition) is 2. The van der Waals surface area contributed by atoms with Gasteiger partial charge in [-0.15, -0.1) is 5.10 Å². The second kappa shape index (κ2) is 7.72. The zero-order chi connectivity index (χ0) is 22.2. The lowest BCUT2D eigenvalue weighted by Crippen LogP contribution is -2.27. The SMILES string of the molecule is Nc1noc2ccc(-n3nnnc3C(=O)Nc3ccc(C(=O)N4CCCC4)cc3F)cc12. The molecule has 1 aliphatic heterocycles. The fourth-order valence-corrected chi connectivity index (χ4v) is 3.61. The highest BCUT2D eigenvalue weighted by Crippen LogP contribution is 2.24. The second-order valence-corrected chi connectivity index (χ2v) is 7.31. The summed E-state index contributed by atoms with van der Waals surface area (Å²) in [5.74, 6) is -1.68.